The number of aromatic nitrogens is 2. The van der Waals surface area contributed by atoms with Crippen LogP contribution in [0.15, 0.2) is 48.5 Å². The van der Waals surface area contributed by atoms with Crippen molar-refractivity contribution in [3.8, 4) is 45.6 Å². The van der Waals surface area contributed by atoms with Crippen LogP contribution in [0.5, 0.6) is 28.7 Å². The summed E-state index contributed by atoms with van der Waals surface area (Å²) in [5, 5.41) is 10.2. The summed E-state index contributed by atoms with van der Waals surface area (Å²) in [5.41, 5.74) is 4.42. The van der Waals surface area contributed by atoms with E-state index in [1.165, 1.54) is 7.11 Å². The van der Waals surface area contributed by atoms with Gasteiger partial charge < -0.3 is 24.1 Å². The number of nitrogens with zero attached hydrogens (tertiary/aromatic N) is 2. The van der Waals surface area contributed by atoms with Crippen LogP contribution in [0.25, 0.3) is 27.8 Å². The normalized spacial score (nSPS) is 10.9. The summed E-state index contributed by atoms with van der Waals surface area (Å²) in [4.78, 5) is 4.70. The van der Waals surface area contributed by atoms with E-state index in [2.05, 4.69) is 0 Å². The second-order valence-corrected chi connectivity index (χ2v) is 6.97. The molecule has 4 rings (SSSR count). The number of ether oxygens (including phenoxy) is 4. The van der Waals surface area contributed by atoms with Gasteiger partial charge in [-0.3, -0.25) is 4.57 Å². The molecule has 7 heteroatoms. The molecule has 7 nitrogen and oxygen atoms in total. The zero-order chi connectivity index (χ0) is 22.1. The van der Waals surface area contributed by atoms with Gasteiger partial charge in [0.1, 0.15) is 5.82 Å². The van der Waals surface area contributed by atoms with Gasteiger partial charge in [-0.1, -0.05) is 12.1 Å². The van der Waals surface area contributed by atoms with E-state index in [1.807, 2.05) is 47.9 Å². The van der Waals surface area contributed by atoms with Crippen LogP contribution in [0.3, 0.4) is 0 Å². The van der Waals surface area contributed by atoms with Crippen LogP contribution in [0.4, 0.5) is 0 Å². The van der Waals surface area contributed by atoms with E-state index < -0.39 is 0 Å². The first-order chi connectivity index (χ1) is 15.0. The largest absolute Gasteiger partial charge is 0.504 e. The van der Waals surface area contributed by atoms with Crippen molar-refractivity contribution >= 4 is 11.0 Å². The third-order valence-electron chi connectivity index (χ3n) is 5.24. The zero-order valence-electron chi connectivity index (χ0n) is 18.1. The molecule has 0 atom stereocenters. The number of benzene rings is 3. The molecule has 1 heterocycles. The van der Waals surface area contributed by atoms with Crippen molar-refractivity contribution in [2.24, 2.45) is 0 Å². The molecule has 0 saturated heterocycles. The monoisotopic (exact) mass is 420 g/mol. The Bertz CT molecular complexity index is 1240. The molecule has 0 fully saturated rings. The van der Waals surface area contributed by atoms with Crippen molar-refractivity contribution in [3.63, 3.8) is 0 Å². The van der Waals surface area contributed by atoms with Gasteiger partial charge >= 0.3 is 0 Å². The zero-order valence-corrected chi connectivity index (χ0v) is 18.1. The Hall–Kier alpha value is -3.87. The fraction of sp³-hybridized carbons (Fsp3) is 0.208. The van der Waals surface area contributed by atoms with E-state index in [1.54, 1.807) is 33.5 Å². The highest BCUT2D eigenvalue weighted by Crippen LogP contribution is 2.40. The fourth-order valence-electron chi connectivity index (χ4n) is 3.77. The van der Waals surface area contributed by atoms with Gasteiger partial charge in [0.2, 0.25) is 5.75 Å². The lowest BCUT2D eigenvalue weighted by Gasteiger charge is -2.16. The molecule has 3 aromatic carbocycles. The molecule has 0 unspecified atom stereocenters. The van der Waals surface area contributed by atoms with Crippen LogP contribution in [0, 0.1) is 6.92 Å². The summed E-state index contributed by atoms with van der Waals surface area (Å²) < 4.78 is 23.7. The van der Waals surface area contributed by atoms with Crippen molar-refractivity contribution in [1.29, 1.82) is 0 Å². The summed E-state index contributed by atoms with van der Waals surface area (Å²) in [6.07, 6.45) is 0. The first-order valence-corrected chi connectivity index (χ1v) is 9.67. The number of rotatable bonds is 6. The number of methoxy groups -OCH3 is 4. The molecule has 0 aliphatic rings. The quantitative estimate of drug-likeness (QED) is 0.486. The van der Waals surface area contributed by atoms with Gasteiger partial charge in [0.15, 0.2) is 23.0 Å². The van der Waals surface area contributed by atoms with Crippen molar-refractivity contribution in [3.05, 3.63) is 54.4 Å². The number of hydrogen-bond donors (Lipinski definition) is 1. The van der Waals surface area contributed by atoms with E-state index in [9.17, 15) is 5.11 Å². The van der Waals surface area contributed by atoms with Crippen LogP contribution in [-0.2, 0) is 0 Å². The molecule has 160 valence electrons. The molecular formula is C24H24N2O5. The third-order valence-corrected chi connectivity index (χ3v) is 5.24. The lowest BCUT2D eigenvalue weighted by atomic mass is 10.0. The number of aromatic hydroxyl groups is 1. The lowest BCUT2D eigenvalue weighted by molar-refractivity contribution is 0.324. The van der Waals surface area contributed by atoms with Crippen molar-refractivity contribution < 1.29 is 24.1 Å². The van der Waals surface area contributed by atoms with E-state index in [0.717, 1.165) is 33.7 Å². The number of phenols is 1. The van der Waals surface area contributed by atoms with Crippen LogP contribution in [0.2, 0.25) is 0 Å². The van der Waals surface area contributed by atoms with Crippen LogP contribution in [-0.4, -0.2) is 43.1 Å². The van der Waals surface area contributed by atoms with Gasteiger partial charge in [-0.05, 0) is 42.3 Å². The Labute approximate surface area is 180 Å². The minimum atomic E-state index is 0.0920. The average Bonchev–Trinajstić information content (AvgIpc) is 3.12. The van der Waals surface area contributed by atoms with Crippen molar-refractivity contribution in [2.75, 3.05) is 28.4 Å². The van der Waals surface area contributed by atoms with Crippen molar-refractivity contribution in [1.82, 2.24) is 9.55 Å². The topological polar surface area (TPSA) is 75.0 Å². The molecule has 1 N–H and O–H groups in total. The summed E-state index contributed by atoms with van der Waals surface area (Å²) in [7, 11) is 6.29. The third kappa shape index (κ3) is 3.48. The maximum atomic E-state index is 10.2. The number of phenolic OH excluding ortho intramolecular Hbond substituents is 1. The Morgan fingerprint density at radius 2 is 1.35 bits per heavy atom. The van der Waals surface area contributed by atoms with Gasteiger partial charge in [0.05, 0.1) is 45.2 Å². The standard InChI is InChI=1S/C24H24N2O5/c1-14-25-18-8-6-15(16-7-9-21(28-2)20(27)11-16)10-19(18)26(14)17-12-22(29-3)24(31-5)23(13-17)30-4/h6-13,27H,1-5H3. The minimum absolute atomic E-state index is 0.0920. The number of aryl methyl sites for hydroxylation is 1. The van der Waals surface area contributed by atoms with E-state index >= 15 is 0 Å². The molecule has 0 aliphatic carbocycles. The highest BCUT2D eigenvalue weighted by Gasteiger charge is 2.17. The Kier molecular flexibility index (Phi) is 5.33. The van der Waals surface area contributed by atoms with Gasteiger partial charge in [0.25, 0.3) is 0 Å². The Morgan fingerprint density at radius 1 is 0.742 bits per heavy atom. The number of hydrogen-bond acceptors (Lipinski definition) is 6. The van der Waals surface area contributed by atoms with Crippen LogP contribution < -0.4 is 18.9 Å². The highest BCUT2D eigenvalue weighted by molar-refractivity contribution is 5.85. The van der Waals surface area contributed by atoms with E-state index in [0.29, 0.717) is 23.0 Å². The first-order valence-electron chi connectivity index (χ1n) is 9.67. The summed E-state index contributed by atoms with van der Waals surface area (Å²) in [6, 6.07) is 15.1. The average molecular weight is 420 g/mol. The molecule has 31 heavy (non-hydrogen) atoms. The van der Waals surface area contributed by atoms with Gasteiger partial charge in [-0.15, -0.1) is 0 Å². The minimum Gasteiger partial charge on any atom is -0.504 e. The first kappa shape index (κ1) is 20.4. The SMILES string of the molecule is COc1ccc(-c2ccc3nc(C)n(-c4cc(OC)c(OC)c(OC)c4)c3c2)cc1O. The molecule has 0 saturated carbocycles. The van der Waals surface area contributed by atoms with Crippen molar-refractivity contribution in [2.45, 2.75) is 6.92 Å². The van der Waals surface area contributed by atoms with Gasteiger partial charge in [-0.2, -0.15) is 0 Å². The predicted molar refractivity (Wildman–Crippen MR) is 119 cm³/mol. The summed E-state index contributed by atoms with van der Waals surface area (Å²) in [5.74, 6) is 3.01. The summed E-state index contributed by atoms with van der Waals surface area (Å²) >= 11 is 0. The smallest absolute Gasteiger partial charge is 0.203 e. The molecule has 4 aromatic rings. The second-order valence-electron chi connectivity index (χ2n) is 6.97. The lowest BCUT2D eigenvalue weighted by Crippen LogP contribution is -2.01. The molecule has 1 aromatic heterocycles. The van der Waals surface area contributed by atoms with Crippen LogP contribution in [0.1, 0.15) is 5.82 Å². The molecule has 0 spiro atoms. The van der Waals surface area contributed by atoms with Gasteiger partial charge in [-0.25, -0.2) is 4.98 Å². The second kappa shape index (κ2) is 8.10. The maximum absolute atomic E-state index is 10.2. The van der Waals surface area contributed by atoms with Gasteiger partial charge in [0, 0.05) is 12.1 Å². The predicted octanol–water partition coefficient (Wildman–Crippen LogP) is 4.74. The summed E-state index contributed by atoms with van der Waals surface area (Å²) in [6.45, 7) is 1.95. The highest BCUT2D eigenvalue weighted by atomic mass is 16.5. The fourth-order valence-corrected chi connectivity index (χ4v) is 3.77. The molecule has 0 aliphatic heterocycles. The molecule has 0 amide bonds. The van der Waals surface area contributed by atoms with E-state index in [-0.39, 0.29) is 5.75 Å². The molecular weight excluding hydrogens is 396 g/mol. The number of fused-ring (bicyclic) bond motifs is 1. The maximum Gasteiger partial charge on any atom is 0.203 e. The van der Waals surface area contributed by atoms with Crippen LogP contribution >= 0.6 is 0 Å². The molecule has 0 radical (unpaired) electrons. The van der Waals surface area contributed by atoms with E-state index in [4.69, 9.17) is 23.9 Å². The molecule has 0 bridgehead atoms. The Balaban J connectivity index is 1.91. The Morgan fingerprint density at radius 3 is 1.94 bits per heavy atom. The number of imidazole rings is 1.